The minimum Gasteiger partial charge on any atom is -0.481 e. The number of methoxy groups -OCH3 is 1. The third kappa shape index (κ3) is 4.58. The highest BCUT2D eigenvalue weighted by atomic mass is 35.5. The van der Waals surface area contributed by atoms with E-state index in [1.54, 1.807) is 24.3 Å². The van der Waals surface area contributed by atoms with Crippen LogP contribution in [0.3, 0.4) is 0 Å². The first-order chi connectivity index (χ1) is 12.9. The molecule has 1 fully saturated rings. The number of amides is 1. The Kier molecular flexibility index (Phi) is 5.98. The van der Waals surface area contributed by atoms with E-state index in [9.17, 15) is 13.2 Å². The maximum absolute atomic E-state index is 12.8. The number of rotatable bonds is 5. The lowest BCUT2D eigenvalue weighted by Crippen LogP contribution is -2.43. The van der Waals surface area contributed by atoms with Crippen molar-refractivity contribution in [3.05, 3.63) is 47.6 Å². The van der Waals surface area contributed by atoms with E-state index >= 15 is 0 Å². The summed E-state index contributed by atoms with van der Waals surface area (Å²) in [6.45, 7) is 0.527. The predicted molar refractivity (Wildman–Crippen MR) is 102 cm³/mol. The monoisotopic (exact) mass is 409 g/mol. The van der Waals surface area contributed by atoms with E-state index in [1.807, 2.05) is 0 Å². The molecule has 1 aromatic carbocycles. The molecule has 1 aromatic heterocycles. The lowest BCUT2D eigenvalue weighted by molar-refractivity contribution is -0.120. The maximum Gasteiger partial charge on any atom is 0.243 e. The van der Waals surface area contributed by atoms with Crippen molar-refractivity contribution in [1.29, 1.82) is 0 Å². The number of aromatic nitrogens is 1. The van der Waals surface area contributed by atoms with E-state index in [2.05, 4.69) is 10.3 Å². The van der Waals surface area contributed by atoms with Crippen LogP contribution in [0.25, 0.3) is 0 Å². The van der Waals surface area contributed by atoms with E-state index in [1.165, 1.54) is 29.7 Å². The number of hydrogen-bond donors (Lipinski definition) is 1. The Bertz CT molecular complexity index is 901. The first-order valence-electron chi connectivity index (χ1n) is 8.47. The zero-order valence-electron chi connectivity index (χ0n) is 14.8. The molecule has 3 rings (SSSR count). The number of anilines is 1. The summed E-state index contributed by atoms with van der Waals surface area (Å²) < 4.78 is 32.0. The van der Waals surface area contributed by atoms with E-state index in [0.717, 1.165) is 0 Å². The molecule has 1 saturated heterocycles. The second kappa shape index (κ2) is 8.24. The Hall–Kier alpha value is -2.16. The van der Waals surface area contributed by atoms with Gasteiger partial charge in [-0.25, -0.2) is 13.4 Å². The van der Waals surface area contributed by atoms with Gasteiger partial charge in [0.05, 0.1) is 29.8 Å². The topological polar surface area (TPSA) is 88.6 Å². The second-order valence-corrected chi connectivity index (χ2v) is 8.61. The van der Waals surface area contributed by atoms with Gasteiger partial charge in [0.1, 0.15) is 0 Å². The summed E-state index contributed by atoms with van der Waals surface area (Å²) in [4.78, 5) is 16.8. The van der Waals surface area contributed by atoms with Crippen molar-refractivity contribution in [1.82, 2.24) is 9.29 Å². The largest absolute Gasteiger partial charge is 0.481 e. The first-order valence-corrected chi connectivity index (χ1v) is 10.3. The molecule has 2 heterocycles. The number of nitrogens with one attached hydrogen (secondary N) is 1. The smallest absolute Gasteiger partial charge is 0.243 e. The van der Waals surface area contributed by atoms with E-state index in [-0.39, 0.29) is 17.3 Å². The van der Waals surface area contributed by atoms with Gasteiger partial charge in [0.15, 0.2) is 0 Å². The maximum atomic E-state index is 12.8. The predicted octanol–water partition coefficient (Wildman–Crippen LogP) is 2.78. The molecule has 2 aromatic rings. The van der Waals surface area contributed by atoms with Crippen LogP contribution in [-0.2, 0) is 14.8 Å². The fraction of sp³-hybridized carbons (Fsp3) is 0.333. The summed E-state index contributed by atoms with van der Waals surface area (Å²) in [7, 11) is -2.15. The average Bonchev–Trinajstić information content (AvgIpc) is 2.69. The number of halogens is 1. The normalized spacial score (nSPS) is 18.1. The number of benzene rings is 1. The summed E-state index contributed by atoms with van der Waals surface area (Å²) in [5, 5.41) is 3.26. The minimum absolute atomic E-state index is 0.139. The van der Waals surface area contributed by atoms with E-state index in [0.29, 0.717) is 36.0 Å². The summed E-state index contributed by atoms with van der Waals surface area (Å²) in [6, 6.07) is 9.37. The Morgan fingerprint density at radius 2 is 2.00 bits per heavy atom. The minimum atomic E-state index is -3.66. The number of nitrogens with zero attached hydrogens (tertiary/aromatic N) is 2. The Labute approximate surface area is 163 Å². The van der Waals surface area contributed by atoms with Gasteiger partial charge in [0, 0.05) is 24.2 Å². The van der Waals surface area contributed by atoms with Gasteiger partial charge < -0.3 is 10.1 Å². The number of piperidine rings is 1. The van der Waals surface area contributed by atoms with E-state index < -0.39 is 15.9 Å². The fourth-order valence-electron chi connectivity index (χ4n) is 2.95. The molecule has 1 N–H and O–H groups in total. The summed E-state index contributed by atoms with van der Waals surface area (Å²) in [5.74, 6) is -0.202. The highest BCUT2D eigenvalue weighted by Gasteiger charge is 2.33. The number of carbonyl (C=O) groups is 1. The SMILES string of the molecule is COc1ccc(NC(=O)C2CCCN(S(=O)(=O)c3ccc(Cl)cc3)C2)cn1. The van der Waals surface area contributed by atoms with Crippen LogP contribution in [0.2, 0.25) is 5.02 Å². The molecule has 0 aliphatic carbocycles. The third-order valence-corrected chi connectivity index (χ3v) is 6.55. The van der Waals surface area contributed by atoms with Crippen molar-refractivity contribution in [3.8, 4) is 5.88 Å². The molecule has 0 bridgehead atoms. The summed E-state index contributed by atoms with van der Waals surface area (Å²) in [6.07, 6.45) is 2.75. The van der Waals surface area contributed by atoms with Gasteiger partial charge in [-0.3, -0.25) is 4.79 Å². The highest BCUT2D eigenvalue weighted by Crippen LogP contribution is 2.25. The number of ether oxygens (including phenoxy) is 1. The summed E-state index contributed by atoms with van der Waals surface area (Å²) in [5.41, 5.74) is 0.540. The highest BCUT2D eigenvalue weighted by molar-refractivity contribution is 7.89. The molecule has 1 atom stereocenters. The fourth-order valence-corrected chi connectivity index (χ4v) is 4.60. The van der Waals surface area contributed by atoms with Gasteiger partial charge >= 0.3 is 0 Å². The average molecular weight is 410 g/mol. The number of hydrogen-bond acceptors (Lipinski definition) is 5. The van der Waals surface area contributed by atoms with Gasteiger partial charge in [0.25, 0.3) is 0 Å². The van der Waals surface area contributed by atoms with Crippen LogP contribution in [0.5, 0.6) is 5.88 Å². The Balaban J connectivity index is 1.69. The van der Waals surface area contributed by atoms with Crippen LogP contribution in [0, 0.1) is 5.92 Å². The van der Waals surface area contributed by atoms with Crippen molar-refractivity contribution in [3.63, 3.8) is 0 Å². The van der Waals surface area contributed by atoms with Crippen LogP contribution < -0.4 is 10.1 Å². The zero-order chi connectivity index (χ0) is 19.4. The summed E-state index contributed by atoms with van der Waals surface area (Å²) >= 11 is 5.83. The van der Waals surface area contributed by atoms with Crippen molar-refractivity contribution in [2.75, 3.05) is 25.5 Å². The second-order valence-electron chi connectivity index (χ2n) is 6.23. The first kappa shape index (κ1) is 19.6. The molecule has 27 heavy (non-hydrogen) atoms. The molecular weight excluding hydrogens is 390 g/mol. The lowest BCUT2D eigenvalue weighted by atomic mass is 9.99. The molecule has 7 nitrogen and oxygen atoms in total. The molecule has 144 valence electrons. The molecule has 0 spiro atoms. The third-order valence-electron chi connectivity index (χ3n) is 4.42. The van der Waals surface area contributed by atoms with Crippen molar-refractivity contribution in [2.45, 2.75) is 17.7 Å². The van der Waals surface area contributed by atoms with Crippen LogP contribution in [0.1, 0.15) is 12.8 Å². The van der Waals surface area contributed by atoms with Gasteiger partial charge in [-0.1, -0.05) is 11.6 Å². The van der Waals surface area contributed by atoms with Crippen LogP contribution in [-0.4, -0.2) is 43.8 Å². The number of carbonyl (C=O) groups excluding carboxylic acids is 1. The lowest BCUT2D eigenvalue weighted by Gasteiger charge is -2.31. The standard InChI is InChI=1S/C18H20ClN3O4S/c1-26-17-9-6-15(11-20-17)21-18(23)13-3-2-10-22(12-13)27(24,25)16-7-4-14(19)5-8-16/h4-9,11,13H,2-3,10,12H2,1H3,(H,21,23). The molecule has 1 amide bonds. The van der Waals surface area contributed by atoms with Crippen molar-refractivity contribution >= 4 is 33.2 Å². The molecular formula is C18H20ClN3O4S. The van der Waals surface area contributed by atoms with Gasteiger partial charge in [-0.2, -0.15) is 4.31 Å². The number of sulfonamides is 1. The molecule has 9 heteroatoms. The van der Waals surface area contributed by atoms with Crippen molar-refractivity contribution in [2.24, 2.45) is 5.92 Å². The molecule has 0 saturated carbocycles. The van der Waals surface area contributed by atoms with Crippen LogP contribution in [0.4, 0.5) is 5.69 Å². The number of pyridine rings is 1. The Morgan fingerprint density at radius 3 is 2.63 bits per heavy atom. The van der Waals surface area contributed by atoms with E-state index in [4.69, 9.17) is 16.3 Å². The van der Waals surface area contributed by atoms with Gasteiger partial charge in [-0.15, -0.1) is 0 Å². The Morgan fingerprint density at radius 1 is 1.26 bits per heavy atom. The van der Waals surface area contributed by atoms with Crippen LogP contribution >= 0.6 is 11.6 Å². The van der Waals surface area contributed by atoms with Gasteiger partial charge in [-0.05, 0) is 43.2 Å². The molecule has 1 aliphatic rings. The molecule has 0 radical (unpaired) electrons. The quantitative estimate of drug-likeness (QED) is 0.820. The van der Waals surface area contributed by atoms with Crippen molar-refractivity contribution < 1.29 is 17.9 Å². The van der Waals surface area contributed by atoms with Crippen LogP contribution in [0.15, 0.2) is 47.5 Å². The van der Waals surface area contributed by atoms with Gasteiger partial charge in [0.2, 0.25) is 21.8 Å². The molecule has 1 unspecified atom stereocenters. The zero-order valence-corrected chi connectivity index (χ0v) is 16.3. The molecule has 1 aliphatic heterocycles.